The number of hydrogen-bond acceptors (Lipinski definition) is 2. The fourth-order valence-electron chi connectivity index (χ4n) is 2.60. The van der Waals surface area contributed by atoms with Crippen molar-refractivity contribution in [1.29, 1.82) is 0 Å². The topological polar surface area (TPSA) is 29.3 Å². The minimum atomic E-state index is 0.405. The molecule has 94 valence electrons. The number of hydrogen-bond donors (Lipinski definition) is 1. The summed E-state index contributed by atoms with van der Waals surface area (Å²) in [4.78, 5) is 2.61. The molecule has 2 rings (SSSR count). The molecular weight excluding hydrogens is 208 g/mol. The molecule has 1 unspecified atom stereocenters. The summed E-state index contributed by atoms with van der Waals surface area (Å²) in [6.45, 7) is 6.29. The number of rotatable bonds is 6. The van der Waals surface area contributed by atoms with Crippen molar-refractivity contribution in [3.63, 3.8) is 0 Å². The SMILES string of the molecule is CCCN(C1CC1)C(CN)c1cccc(C)c1. The van der Waals surface area contributed by atoms with Gasteiger partial charge in [-0.25, -0.2) is 0 Å². The van der Waals surface area contributed by atoms with Gasteiger partial charge in [-0.1, -0.05) is 36.8 Å². The number of nitrogens with two attached hydrogens (primary N) is 1. The first-order valence-corrected chi connectivity index (χ1v) is 6.78. The Balaban J connectivity index is 2.18. The molecule has 2 nitrogen and oxygen atoms in total. The third-order valence-corrected chi connectivity index (χ3v) is 3.55. The van der Waals surface area contributed by atoms with E-state index in [1.807, 2.05) is 0 Å². The van der Waals surface area contributed by atoms with E-state index < -0.39 is 0 Å². The maximum atomic E-state index is 6.01. The lowest BCUT2D eigenvalue weighted by Crippen LogP contribution is -2.36. The van der Waals surface area contributed by atoms with Gasteiger partial charge in [0, 0.05) is 18.6 Å². The molecule has 1 aliphatic carbocycles. The van der Waals surface area contributed by atoms with Gasteiger partial charge in [0.25, 0.3) is 0 Å². The zero-order valence-corrected chi connectivity index (χ0v) is 11.0. The van der Waals surface area contributed by atoms with E-state index in [1.165, 1.54) is 36.9 Å². The van der Waals surface area contributed by atoms with Crippen molar-refractivity contribution >= 4 is 0 Å². The van der Waals surface area contributed by atoms with Gasteiger partial charge < -0.3 is 5.73 Å². The first kappa shape index (κ1) is 12.6. The fourth-order valence-corrected chi connectivity index (χ4v) is 2.60. The minimum Gasteiger partial charge on any atom is -0.329 e. The number of benzene rings is 1. The molecule has 0 amide bonds. The zero-order chi connectivity index (χ0) is 12.3. The Labute approximate surface area is 105 Å². The van der Waals surface area contributed by atoms with Crippen molar-refractivity contribution in [3.05, 3.63) is 35.4 Å². The van der Waals surface area contributed by atoms with Crippen LogP contribution in [0.1, 0.15) is 43.4 Å². The van der Waals surface area contributed by atoms with Crippen molar-refractivity contribution < 1.29 is 0 Å². The highest BCUT2D eigenvalue weighted by atomic mass is 15.2. The lowest BCUT2D eigenvalue weighted by Gasteiger charge is -2.31. The molecule has 0 heterocycles. The van der Waals surface area contributed by atoms with Crippen molar-refractivity contribution in [2.75, 3.05) is 13.1 Å². The van der Waals surface area contributed by atoms with Crippen molar-refractivity contribution in [2.45, 2.75) is 45.2 Å². The smallest absolute Gasteiger partial charge is 0.0473 e. The minimum absolute atomic E-state index is 0.405. The first-order chi connectivity index (χ1) is 8.26. The van der Waals surface area contributed by atoms with Gasteiger partial charge >= 0.3 is 0 Å². The van der Waals surface area contributed by atoms with Gasteiger partial charge in [0.15, 0.2) is 0 Å². The van der Waals surface area contributed by atoms with E-state index in [0.29, 0.717) is 6.04 Å². The lowest BCUT2D eigenvalue weighted by atomic mass is 10.0. The summed E-state index contributed by atoms with van der Waals surface area (Å²) in [7, 11) is 0. The van der Waals surface area contributed by atoms with Gasteiger partial charge in [-0.05, 0) is 38.3 Å². The van der Waals surface area contributed by atoms with Crippen LogP contribution in [0.3, 0.4) is 0 Å². The third kappa shape index (κ3) is 3.08. The van der Waals surface area contributed by atoms with Crippen LogP contribution in [0.5, 0.6) is 0 Å². The molecule has 0 saturated heterocycles. The Hall–Kier alpha value is -0.860. The number of aryl methyl sites for hydroxylation is 1. The van der Waals surface area contributed by atoms with Crippen LogP contribution in [0.2, 0.25) is 0 Å². The number of nitrogens with zero attached hydrogens (tertiary/aromatic N) is 1. The summed E-state index contributed by atoms with van der Waals surface area (Å²) < 4.78 is 0. The summed E-state index contributed by atoms with van der Waals surface area (Å²) in [6, 6.07) is 9.98. The van der Waals surface area contributed by atoms with Gasteiger partial charge in [-0.3, -0.25) is 4.90 Å². The molecule has 1 aliphatic rings. The van der Waals surface area contributed by atoms with Crippen LogP contribution in [-0.2, 0) is 0 Å². The Bertz CT molecular complexity index is 358. The van der Waals surface area contributed by atoms with E-state index in [1.54, 1.807) is 0 Å². The highest BCUT2D eigenvalue weighted by Crippen LogP contribution is 2.34. The predicted octanol–water partition coefficient (Wildman–Crippen LogP) is 2.87. The molecule has 2 heteroatoms. The molecule has 0 aromatic heterocycles. The second kappa shape index (κ2) is 5.65. The van der Waals surface area contributed by atoms with Crippen LogP contribution in [0.4, 0.5) is 0 Å². The third-order valence-electron chi connectivity index (χ3n) is 3.55. The summed E-state index contributed by atoms with van der Waals surface area (Å²) in [5, 5.41) is 0. The highest BCUT2D eigenvalue weighted by Gasteiger charge is 2.33. The molecule has 1 aromatic rings. The molecule has 17 heavy (non-hydrogen) atoms. The van der Waals surface area contributed by atoms with Crippen molar-refractivity contribution in [1.82, 2.24) is 4.90 Å². The second-order valence-electron chi connectivity index (χ2n) is 5.13. The highest BCUT2D eigenvalue weighted by molar-refractivity contribution is 5.25. The Morgan fingerprint density at radius 3 is 2.71 bits per heavy atom. The van der Waals surface area contributed by atoms with E-state index in [2.05, 4.69) is 43.0 Å². The Morgan fingerprint density at radius 1 is 1.41 bits per heavy atom. The van der Waals surface area contributed by atoms with E-state index in [-0.39, 0.29) is 0 Å². The lowest BCUT2D eigenvalue weighted by molar-refractivity contribution is 0.191. The van der Waals surface area contributed by atoms with Gasteiger partial charge in [0.05, 0.1) is 0 Å². The molecule has 1 aromatic carbocycles. The molecule has 0 radical (unpaired) electrons. The quantitative estimate of drug-likeness (QED) is 0.817. The van der Waals surface area contributed by atoms with E-state index in [4.69, 9.17) is 5.73 Å². The average Bonchev–Trinajstić information content (AvgIpc) is 3.13. The Kier molecular flexibility index (Phi) is 4.19. The molecular formula is C15H24N2. The largest absolute Gasteiger partial charge is 0.329 e. The standard InChI is InChI=1S/C15H24N2/c1-3-9-17(14-7-8-14)15(11-16)13-6-4-5-12(2)10-13/h4-6,10,14-15H,3,7-9,11,16H2,1-2H3. The Morgan fingerprint density at radius 2 is 2.18 bits per heavy atom. The molecule has 0 spiro atoms. The maximum Gasteiger partial charge on any atom is 0.0473 e. The molecule has 1 atom stereocenters. The summed E-state index contributed by atoms with van der Waals surface area (Å²) in [6.07, 6.45) is 3.91. The second-order valence-corrected chi connectivity index (χ2v) is 5.13. The van der Waals surface area contributed by atoms with Crippen LogP contribution in [0.15, 0.2) is 24.3 Å². The van der Waals surface area contributed by atoms with Crippen LogP contribution in [0, 0.1) is 6.92 Å². The normalized spacial score (nSPS) is 17.4. The van der Waals surface area contributed by atoms with Crippen LogP contribution in [-0.4, -0.2) is 24.0 Å². The molecule has 1 saturated carbocycles. The van der Waals surface area contributed by atoms with E-state index >= 15 is 0 Å². The van der Waals surface area contributed by atoms with Crippen LogP contribution >= 0.6 is 0 Å². The van der Waals surface area contributed by atoms with Crippen molar-refractivity contribution in [2.24, 2.45) is 5.73 Å². The van der Waals surface area contributed by atoms with E-state index in [9.17, 15) is 0 Å². The summed E-state index contributed by atoms with van der Waals surface area (Å²) in [5.74, 6) is 0. The zero-order valence-electron chi connectivity index (χ0n) is 11.0. The maximum absolute atomic E-state index is 6.01. The summed E-state index contributed by atoms with van der Waals surface area (Å²) >= 11 is 0. The van der Waals surface area contributed by atoms with Gasteiger partial charge in [0.2, 0.25) is 0 Å². The average molecular weight is 232 g/mol. The van der Waals surface area contributed by atoms with Gasteiger partial charge in [0.1, 0.15) is 0 Å². The van der Waals surface area contributed by atoms with Gasteiger partial charge in [-0.15, -0.1) is 0 Å². The molecule has 0 bridgehead atoms. The van der Waals surface area contributed by atoms with Gasteiger partial charge in [-0.2, -0.15) is 0 Å². The fraction of sp³-hybridized carbons (Fsp3) is 0.600. The molecule has 0 aliphatic heterocycles. The molecule has 1 fully saturated rings. The van der Waals surface area contributed by atoms with E-state index in [0.717, 1.165) is 12.6 Å². The van der Waals surface area contributed by atoms with Crippen molar-refractivity contribution in [3.8, 4) is 0 Å². The van der Waals surface area contributed by atoms with Crippen LogP contribution in [0.25, 0.3) is 0 Å². The monoisotopic (exact) mass is 232 g/mol. The summed E-state index contributed by atoms with van der Waals surface area (Å²) in [5.41, 5.74) is 8.72. The first-order valence-electron chi connectivity index (χ1n) is 6.78. The van der Waals surface area contributed by atoms with Crippen LogP contribution < -0.4 is 5.73 Å². The predicted molar refractivity (Wildman–Crippen MR) is 73.0 cm³/mol. The molecule has 2 N–H and O–H groups in total.